The van der Waals surface area contributed by atoms with E-state index in [-0.39, 0.29) is 17.2 Å². The minimum Gasteiger partial charge on any atom is -0.493 e. The Labute approximate surface area is 192 Å². The molecule has 0 N–H and O–H groups in total. The highest BCUT2D eigenvalue weighted by atomic mass is 127. The van der Waals surface area contributed by atoms with Gasteiger partial charge in [0.15, 0.2) is 17.3 Å². The third-order valence-electron chi connectivity index (χ3n) is 4.27. The van der Waals surface area contributed by atoms with Crippen LogP contribution in [0.1, 0.15) is 29.3 Å². The normalized spacial score (nSPS) is 15.0. The lowest BCUT2D eigenvalue weighted by Gasteiger charge is -2.13. The summed E-state index contributed by atoms with van der Waals surface area (Å²) in [5.74, 6) is 0.445. The van der Waals surface area contributed by atoms with Crippen LogP contribution in [-0.4, -0.2) is 42.1 Å². The minimum atomic E-state index is -0.477. The molecule has 1 aliphatic heterocycles. The van der Waals surface area contributed by atoms with Crippen LogP contribution in [0.5, 0.6) is 11.5 Å². The highest BCUT2D eigenvalue weighted by Crippen LogP contribution is 2.37. The van der Waals surface area contributed by atoms with Gasteiger partial charge in [-0.2, -0.15) is 0 Å². The predicted octanol–water partition coefficient (Wildman–Crippen LogP) is 5.01. The Kier molecular flexibility index (Phi) is 7.54. The van der Waals surface area contributed by atoms with Crippen LogP contribution in [0.25, 0.3) is 6.08 Å². The molecule has 1 aliphatic rings. The second kappa shape index (κ2) is 10.1. The van der Waals surface area contributed by atoms with Gasteiger partial charge < -0.3 is 9.47 Å². The van der Waals surface area contributed by atoms with Gasteiger partial charge in [0.2, 0.25) is 0 Å². The maximum Gasteiger partial charge on any atom is 0.293 e. The molecule has 1 fully saturated rings. The average Bonchev–Trinajstić information content (AvgIpc) is 3.00. The van der Waals surface area contributed by atoms with Gasteiger partial charge >= 0.3 is 0 Å². The molecule has 1 saturated heterocycles. The number of carbonyl (C=O) groups excluding carboxylic acids is 3. The molecule has 0 radical (unpaired) electrons. The van der Waals surface area contributed by atoms with E-state index in [4.69, 9.17) is 9.47 Å². The maximum absolute atomic E-state index is 12.7. The van der Waals surface area contributed by atoms with Crippen molar-refractivity contribution >= 4 is 57.4 Å². The summed E-state index contributed by atoms with van der Waals surface area (Å²) in [7, 11) is 1.55. The number of amides is 2. The van der Waals surface area contributed by atoms with Crippen LogP contribution >= 0.6 is 34.4 Å². The van der Waals surface area contributed by atoms with Crippen LogP contribution in [0.3, 0.4) is 0 Å². The molecule has 3 rings (SSSR count). The van der Waals surface area contributed by atoms with E-state index in [1.54, 1.807) is 49.6 Å². The van der Waals surface area contributed by atoms with Crippen LogP contribution in [0.4, 0.5) is 4.79 Å². The average molecular weight is 537 g/mol. The van der Waals surface area contributed by atoms with E-state index < -0.39 is 11.1 Å². The summed E-state index contributed by atoms with van der Waals surface area (Å²) < 4.78 is 12.0. The number of ketones is 1. The quantitative estimate of drug-likeness (QED) is 0.268. The van der Waals surface area contributed by atoms with Crippen molar-refractivity contribution in [3.63, 3.8) is 0 Å². The molecule has 6 nitrogen and oxygen atoms in total. The summed E-state index contributed by atoms with van der Waals surface area (Å²) in [6.07, 6.45) is 2.50. The first-order valence-electron chi connectivity index (χ1n) is 9.28. The summed E-state index contributed by atoms with van der Waals surface area (Å²) >= 11 is 2.97. The topological polar surface area (TPSA) is 72.9 Å². The summed E-state index contributed by atoms with van der Waals surface area (Å²) in [5, 5.41) is -0.458. The maximum atomic E-state index is 12.7. The van der Waals surface area contributed by atoms with E-state index in [1.165, 1.54) is 0 Å². The minimum absolute atomic E-state index is 0.265. The second-order valence-electron chi connectivity index (χ2n) is 6.44. The Bertz CT molecular complexity index is 1010. The zero-order valence-electron chi connectivity index (χ0n) is 16.5. The van der Waals surface area contributed by atoms with Crippen molar-refractivity contribution < 1.29 is 23.9 Å². The van der Waals surface area contributed by atoms with Gasteiger partial charge in [-0.15, -0.1) is 0 Å². The Morgan fingerprint density at radius 3 is 2.60 bits per heavy atom. The first kappa shape index (κ1) is 22.4. The highest BCUT2D eigenvalue weighted by molar-refractivity contribution is 14.1. The number of hydrogen-bond donors (Lipinski definition) is 0. The molecule has 0 aliphatic carbocycles. The molecular weight excluding hydrogens is 517 g/mol. The first-order chi connectivity index (χ1) is 14.4. The molecule has 8 heteroatoms. The molecule has 0 bridgehead atoms. The lowest BCUT2D eigenvalue weighted by Crippen LogP contribution is -2.33. The standard InChI is InChI=1S/C22H20INO5S/c1-3-9-29-20-16(23)10-14(11-18(20)28-2)12-19-21(26)24(22(27)30-19)13-17(25)15-7-5-4-6-8-15/h4-8,10-12H,3,9,13H2,1-2H3/b19-12-. The molecule has 0 atom stereocenters. The summed E-state index contributed by atoms with van der Waals surface area (Å²) in [6, 6.07) is 12.2. The van der Waals surface area contributed by atoms with E-state index in [0.29, 0.717) is 29.2 Å². The van der Waals surface area contributed by atoms with Crippen molar-refractivity contribution in [3.05, 3.63) is 62.1 Å². The smallest absolute Gasteiger partial charge is 0.293 e. The molecule has 156 valence electrons. The molecular formula is C22H20INO5S. The third-order valence-corrected chi connectivity index (χ3v) is 5.98. The summed E-state index contributed by atoms with van der Waals surface area (Å²) in [5.41, 5.74) is 1.17. The van der Waals surface area contributed by atoms with Gasteiger partial charge in [0.25, 0.3) is 11.1 Å². The van der Waals surface area contributed by atoms with Gasteiger partial charge in [-0.3, -0.25) is 19.3 Å². The van der Waals surface area contributed by atoms with Crippen molar-refractivity contribution in [3.8, 4) is 11.5 Å². The molecule has 0 spiro atoms. The number of thioether (sulfide) groups is 1. The van der Waals surface area contributed by atoms with Crippen LogP contribution in [0.15, 0.2) is 47.4 Å². The molecule has 1 heterocycles. The monoisotopic (exact) mass is 537 g/mol. The van der Waals surface area contributed by atoms with Gasteiger partial charge in [0, 0.05) is 5.56 Å². The lowest BCUT2D eigenvalue weighted by atomic mass is 10.1. The van der Waals surface area contributed by atoms with E-state index in [2.05, 4.69) is 22.6 Å². The van der Waals surface area contributed by atoms with E-state index in [9.17, 15) is 14.4 Å². The second-order valence-corrected chi connectivity index (χ2v) is 8.60. The predicted molar refractivity (Wildman–Crippen MR) is 125 cm³/mol. The Morgan fingerprint density at radius 2 is 1.93 bits per heavy atom. The largest absolute Gasteiger partial charge is 0.493 e. The highest BCUT2D eigenvalue weighted by Gasteiger charge is 2.36. The van der Waals surface area contributed by atoms with Crippen LogP contribution in [0.2, 0.25) is 0 Å². The number of carbonyl (C=O) groups is 3. The molecule has 30 heavy (non-hydrogen) atoms. The van der Waals surface area contributed by atoms with Crippen LogP contribution < -0.4 is 9.47 Å². The Morgan fingerprint density at radius 1 is 1.20 bits per heavy atom. The molecule has 0 aromatic heterocycles. The number of methoxy groups -OCH3 is 1. The van der Waals surface area contributed by atoms with Crippen molar-refractivity contribution in [2.24, 2.45) is 0 Å². The van der Waals surface area contributed by atoms with Crippen LogP contribution in [-0.2, 0) is 4.79 Å². The first-order valence-corrected chi connectivity index (χ1v) is 11.2. The van der Waals surface area contributed by atoms with Gasteiger partial charge in [0.1, 0.15) is 0 Å². The van der Waals surface area contributed by atoms with E-state index >= 15 is 0 Å². The van der Waals surface area contributed by atoms with Gasteiger partial charge in [0.05, 0.1) is 28.7 Å². The number of benzene rings is 2. The molecule has 2 aromatic rings. The van der Waals surface area contributed by atoms with Gasteiger partial charge in [-0.1, -0.05) is 37.3 Å². The van der Waals surface area contributed by atoms with E-state index in [1.807, 2.05) is 13.0 Å². The fourth-order valence-electron chi connectivity index (χ4n) is 2.81. The zero-order valence-corrected chi connectivity index (χ0v) is 19.5. The Balaban J connectivity index is 1.81. The van der Waals surface area contributed by atoms with Crippen LogP contribution in [0, 0.1) is 3.57 Å². The number of rotatable bonds is 8. The lowest BCUT2D eigenvalue weighted by molar-refractivity contribution is -0.122. The zero-order chi connectivity index (χ0) is 21.7. The number of imide groups is 1. The molecule has 0 saturated carbocycles. The van der Waals surface area contributed by atoms with Gasteiger partial charge in [-0.05, 0) is 64.5 Å². The molecule has 0 unspecified atom stereocenters. The van der Waals surface area contributed by atoms with Gasteiger partial charge in [-0.25, -0.2) is 0 Å². The SMILES string of the molecule is CCCOc1c(I)cc(/C=C2\SC(=O)N(CC(=O)c3ccccc3)C2=O)cc1OC. The fourth-order valence-corrected chi connectivity index (χ4v) is 4.43. The number of hydrogen-bond acceptors (Lipinski definition) is 6. The number of Topliss-reactive ketones (excluding diaryl/α,β-unsaturated/α-hetero) is 1. The molecule has 2 amide bonds. The van der Waals surface area contributed by atoms with Crippen molar-refractivity contribution in [1.29, 1.82) is 0 Å². The van der Waals surface area contributed by atoms with Crippen molar-refractivity contribution in [2.45, 2.75) is 13.3 Å². The number of halogens is 1. The number of nitrogens with zero attached hydrogens (tertiary/aromatic N) is 1. The van der Waals surface area contributed by atoms with Crippen molar-refractivity contribution in [2.75, 3.05) is 20.3 Å². The summed E-state index contributed by atoms with van der Waals surface area (Å²) in [4.78, 5) is 38.7. The number of ether oxygens (including phenoxy) is 2. The Hall–Kier alpha value is -2.33. The molecule has 2 aromatic carbocycles. The van der Waals surface area contributed by atoms with Crippen molar-refractivity contribution in [1.82, 2.24) is 4.90 Å². The van der Waals surface area contributed by atoms with E-state index in [0.717, 1.165) is 26.7 Å². The third kappa shape index (κ3) is 5.04. The fraction of sp³-hybridized carbons (Fsp3) is 0.227. The summed E-state index contributed by atoms with van der Waals surface area (Å²) in [6.45, 7) is 2.31.